The zero-order valence-corrected chi connectivity index (χ0v) is 9.45. The highest BCUT2D eigenvalue weighted by molar-refractivity contribution is 5.83. The maximum atomic E-state index is 11.8. The quantitative estimate of drug-likeness (QED) is 0.669. The van der Waals surface area contributed by atoms with Crippen LogP contribution in [0.5, 0.6) is 0 Å². The maximum Gasteiger partial charge on any atom is 0.152 e. The van der Waals surface area contributed by atoms with E-state index in [-0.39, 0.29) is 5.92 Å². The van der Waals surface area contributed by atoms with Crippen LogP contribution in [0.4, 0.5) is 0 Å². The van der Waals surface area contributed by atoms with E-state index < -0.39 is 0 Å². The fourth-order valence-corrected chi connectivity index (χ4v) is 1.78. The highest BCUT2D eigenvalue weighted by atomic mass is 16.5. The van der Waals surface area contributed by atoms with Gasteiger partial charge in [0.2, 0.25) is 0 Å². The second-order valence-electron chi connectivity index (χ2n) is 4.18. The first-order valence-electron chi connectivity index (χ1n) is 5.49. The molecule has 1 heterocycles. The standard InChI is InChI=1S/C11H21NO2/c1-4-12(9(2)3)7-11(13)10-5-6-14-8-10/h9-10H,4-8H2,1-3H3. The largest absolute Gasteiger partial charge is 0.381 e. The lowest BCUT2D eigenvalue weighted by atomic mass is 10.0. The van der Waals surface area contributed by atoms with Crippen LogP contribution in [0.1, 0.15) is 27.2 Å². The van der Waals surface area contributed by atoms with Crippen LogP contribution in [0, 0.1) is 5.92 Å². The Morgan fingerprint density at radius 1 is 1.57 bits per heavy atom. The summed E-state index contributed by atoms with van der Waals surface area (Å²) < 4.78 is 5.21. The first kappa shape index (κ1) is 11.7. The van der Waals surface area contributed by atoms with Crippen molar-refractivity contribution in [2.75, 3.05) is 26.3 Å². The van der Waals surface area contributed by atoms with Gasteiger partial charge in [0.05, 0.1) is 13.2 Å². The van der Waals surface area contributed by atoms with Gasteiger partial charge < -0.3 is 4.74 Å². The van der Waals surface area contributed by atoms with E-state index in [0.29, 0.717) is 25.0 Å². The van der Waals surface area contributed by atoms with Gasteiger partial charge in [-0.15, -0.1) is 0 Å². The van der Waals surface area contributed by atoms with Crippen LogP contribution in [0.3, 0.4) is 0 Å². The van der Waals surface area contributed by atoms with Gasteiger partial charge in [-0.1, -0.05) is 6.92 Å². The highest BCUT2D eigenvalue weighted by Gasteiger charge is 2.25. The van der Waals surface area contributed by atoms with E-state index >= 15 is 0 Å². The van der Waals surface area contributed by atoms with Gasteiger partial charge in [0.15, 0.2) is 5.78 Å². The number of carbonyl (C=O) groups excluding carboxylic acids is 1. The smallest absolute Gasteiger partial charge is 0.152 e. The first-order chi connectivity index (χ1) is 6.65. The zero-order valence-electron chi connectivity index (χ0n) is 9.45. The van der Waals surface area contributed by atoms with Crippen LogP contribution < -0.4 is 0 Å². The summed E-state index contributed by atoms with van der Waals surface area (Å²) in [6.07, 6.45) is 0.911. The summed E-state index contributed by atoms with van der Waals surface area (Å²) in [4.78, 5) is 14.0. The molecule has 0 aromatic rings. The van der Waals surface area contributed by atoms with Gasteiger partial charge in [-0.25, -0.2) is 0 Å². The van der Waals surface area contributed by atoms with E-state index in [1.807, 2.05) is 0 Å². The number of nitrogens with zero attached hydrogens (tertiary/aromatic N) is 1. The Morgan fingerprint density at radius 2 is 2.29 bits per heavy atom. The molecule has 1 atom stereocenters. The van der Waals surface area contributed by atoms with Gasteiger partial charge in [-0.05, 0) is 26.8 Å². The minimum Gasteiger partial charge on any atom is -0.381 e. The predicted molar refractivity (Wildman–Crippen MR) is 56.3 cm³/mol. The molecule has 3 heteroatoms. The maximum absolute atomic E-state index is 11.8. The number of carbonyl (C=O) groups is 1. The molecule has 14 heavy (non-hydrogen) atoms. The molecule has 1 aliphatic heterocycles. The Morgan fingerprint density at radius 3 is 2.71 bits per heavy atom. The highest BCUT2D eigenvalue weighted by Crippen LogP contribution is 2.14. The summed E-state index contributed by atoms with van der Waals surface area (Å²) >= 11 is 0. The summed E-state index contributed by atoms with van der Waals surface area (Å²) in [5.74, 6) is 0.501. The van der Waals surface area contributed by atoms with Crippen LogP contribution in [0.15, 0.2) is 0 Å². The zero-order chi connectivity index (χ0) is 10.6. The summed E-state index contributed by atoms with van der Waals surface area (Å²) in [5, 5.41) is 0. The molecule has 1 fully saturated rings. The average molecular weight is 199 g/mol. The van der Waals surface area contributed by atoms with Crippen LogP contribution in [-0.2, 0) is 9.53 Å². The molecule has 1 saturated heterocycles. The monoisotopic (exact) mass is 199 g/mol. The summed E-state index contributed by atoms with van der Waals surface area (Å²) in [6, 6.07) is 0.450. The van der Waals surface area contributed by atoms with E-state index in [2.05, 4.69) is 25.7 Å². The van der Waals surface area contributed by atoms with Gasteiger partial charge >= 0.3 is 0 Å². The fraction of sp³-hybridized carbons (Fsp3) is 0.909. The number of hydrogen-bond acceptors (Lipinski definition) is 3. The van der Waals surface area contributed by atoms with Crippen LogP contribution in [0.2, 0.25) is 0 Å². The number of ether oxygens (including phenoxy) is 1. The molecule has 0 aromatic heterocycles. The molecule has 0 amide bonds. The van der Waals surface area contributed by atoms with Crippen molar-refractivity contribution < 1.29 is 9.53 Å². The van der Waals surface area contributed by atoms with Crippen molar-refractivity contribution in [2.45, 2.75) is 33.2 Å². The van der Waals surface area contributed by atoms with Crippen molar-refractivity contribution >= 4 is 5.78 Å². The normalized spacial score (nSPS) is 22.2. The first-order valence-corrected chi connectivity index (χ1v) is 5.49. The number of ketones is 1. The third-order valence-corrected chi connectivity index (χ3v) is 2.88. The third kappa shape index (κ3) is 3.07. The minimum absolute atomic E-state index is 0.155. The Labute approximate surface area is 86.4 Å². The molecule has 0 saturated carbocycles. The second-order valence-corrected chi connectivity index (χ2v) is 4.18. The topological polar surface area (TPSA) is 29.5 Å². The van der Waals surface area contributed by atoms with E-state index in [1.54, 1.807) is 0 Å². The Hall–Kier alpha value is -0.410. The molecule has 3 nitrogen and oxygen atoms in total. The molecule has 0 aromatic carbocycles. The van der Waals surface area contributed by atoms with Crippen molar-refractivity contribution in [3.63, 3.8) is 0 Å². The van der Waals surface area contributed by atoms with E-state index in [1.165, 1.54) is 0 Å². The molecular formula is C11H21NO2. The van der Waals surface area contributed by atoms with Gasteiger partial charge in [0.25, 0.3) is 0 Å². The number of Topliss-reactive ketones (excluding diaryl/α,β-unsaturated/α-hetero) is 1. The molecule has 0 N–H and O–H groups in total. The second kappa shape index (κ2) is 5.47. The lowest BCUT2D eigenvalue weighted by Crippen LogP contribution is -2.37. The molecule has 1 aliphatic rings. The lowest BCUT2D eigenvalue weighted by Gasteiger charge is -2.24. The summed E-state index contributed by atoms with van der Waals surface area (Å²) in [5.41, 5.74) is 0. The van der Waals surface area contributed by atoms with Gasteiger partial charge in [-0.2, -0.15) is 0 Å². The fourth-order valence-electron chi connectivity index (χ4n) is 1.78. The number of rotatable bonds is 5. The third-order valence-electron chi connectivity index (χ3n) is 2.88. The molecule has 0 bridgehead atoms. The predicted octanol–water partition coefficient (Wildman–Crippen LogP) is 1.32. The van der Waals surface area contributed by atoms with Crippen molar-refractivity contribution in [2.24, 2.45) is 5.92 Å². The van der Waals surface area contributed by atoms with Crippen LogP contribution in [0.25, 0.3) is 0 Å². The Bertz CT molecular complexity index is 186. The molecule has 1 unspecified atom stereocenters. The van der Waals surface area contributed by atoms with Gasteiger partial charge in [-0.3, -0.25) is 9.69 Å². The molecule has 0 radical (unpaired) electrons. The SMILES string of the molecule is CCN(CC(=O)C1CCOC1)C(C)C. The van der Waals surface area contributed by atoms with E-state index in [9.17, 15) is 4.79 Å². The summed E-state index contributed by atoms with van der Waals surface area (Å²) in [6.45, 7) is 9.26. The van der Waals surface area contributed by atoms with E-state index in [4.69, 9.17) is 4.74 Å². The molecule has 0 aliphatic carbocycles. The van der Waals surface area contributed by atoms with Crippen molar-refractivity contribution in [3.05, 3.63) is 0 Å². The van der Waals surface area contributed by atoms with Crippen molar-refractivity contribution in [3.8, 4) is 0 Å². The van der Waals surface area contributed by atoms with Crippen molar-refractivity contribution in [1.82, 2.24) is 4.90 Å². The van der Waals surface area contributed by atoms with Gasteiger partial charge in [0.1, 0.15) is 0 Å². The molecule has 82 valence electrons. The van der Waals surface area contributed by atoms with E-state index in [0.717, 1.165) is 19.6 Å². The molecule has 0 spiro atoms. The van der Waals surface area contributed by atoms with Crippen molar-refractivity contribution in [1.29, 1.82) is 0 Å². The lowest BCUT2D eigenvalue weighted by molar-refractivity contribution is -0.124. The minimum atomic E-state index is 0.155. The Kier molecular flexibility index (Phi) is 4.55. The van der Waals surface area contributed by atoms with Gasteiger partial charge in [0, 0.05) is 18.6 Å². The average Bonchev–Trinajstić information content (AvgIpc) is 2.65. The number of likely N-dealkylation sites (N-methyl/N-ethyl adjacent to an activating group) is 1. The summed E-state index contributed by atoms with van der Waals surface area (Å²) in [7, 11) is 0. The molecule has 1 rings (SSSR count). The van der Waals surface area contributed by atoms with Crippen LogP contribution in [-0.4, -0.2) is 43.0 Å². The number of hydrogen-bond donors (Lipinski definition) is 0. The molecular weight excluding hydrogens is 178 g/mol. The van der Waals surface area contributed by atoms with Crippen LogP contribution >= 0.6 is 0 Å². The Balaban J connectivity index is 2.37.